The molecule has 0 spiro atoms. The number of cyclic esters (lactones) is 2. The molecule has 2 rings (SSSR count). The van der Waals surface area contributed by atoms with E-state index in [2.05, 4.69) is 17.7 Å². The van der Waals surface area contributed by atoms with Crippen molar-refractivity contribution in [3.8, 4) is 0 Å². The maximum Gasteiger partial charge on any atom is 0.347 e. The Bertz CT molecular complexity index is 529. The summed E-state index contributed by atoms with van der Waals surface area (Å²) in [4.78, 5) is 23.1. The summed E-state index contributed by atoms with van der Waals surface area (Å²) in [6.07, 6.45) is 11.2. The molecule has 0 aromatic heterocycles. The van der Waals surface area contributed by atoms with E-state index in [0.29, 0.717) is 11.1 Å². The second-order valence-corrected chi connectivity index (χ2v) is 5.05. The van der Waals surface area contributed by atoms with Gasteiger partial charge in [-0.15, -0.1) is 0 Å². The van der Waals surface area contributed by atoms with Crippen LogP contribution in [0.5, 0.6) is 0 Å². The fourth-order valence-corrected chi connectivity index (χ4v) is 2.37. The van der Waals surface area contributed by atoms with Gasteiger partial charge in [-0.25, -0.2) is 9.59 Å². The van der Waals surface area contributed by atoms with Gasteiger partial charge in [-0.3, -0.25) is 0 Å². The fourth-order valence-electron chi connectivity index (χ4n) is 2.37. The molecule has 0 unspecified atom stereocenters. The summed E-state index contributed by atoms with van der Waals surface area (Å²) >= 11 is 0. The Balaban J connectivity index is 1.94. The number of rotatable bonds is 7. The molecule has 1 aliphatic heterocycles. The van der Waals surface area contributed by atoms with Crippen LogP contribution in [-0.4, -0.2) is 11.9 Å². The number of unbranched alkanes of at least 4 members (excludes halogenated alkanes) is 5. The molecule has 20 heavy (non-hydrogen) atoms. The second kappa shape index (κ2) is 7.04. The number of hydrogen-bond donors (Lipinski definition) is 0. The maximum atomic E-state index is 11.6. The molecule has 0 radical (unpaired) electrons. The molecule has 3 nitrogen and oxygen atoms in total. The Morgan fingerprint density at radius 3 is 2.65 bits per heavy atom. The SMILES string of the molecule is CCCCCCCC=Cc1cccc2c1C(=O)OC2=O. The van der Waals surface area contributed by atoms with Crippen molar-refractivity contribution in [2.75, 3.05) is 0 Å². The van der Waals surface area contributed by atoms with Gasteiger partial charge < -0.3 is 4.74 Å². The van der Waals surface area contributed by atoms with E-state index in [1.165, 1.54) is 25.7 Å². The van der Waals surface area contributed by atoms with Gasteiger partial charge in [0.2, 0.25) is 0 Å². The van der Waals surface area contributed by atoms with Gasteiger partial charge in [0.25, 0.3) is 0 Å². The zero-order chi connectivity index (χ0) is 14.4. The van der Waals surface area contributed by atoms with E-state index < -0.39 is 11.9 Å². The van der Waals surface area contributed by atoms with E-state index in [-0.39, 0.29) is 0 Å². The van der Waals surface area contributed by atoms with E-state index in [9.17, 15) is 9.59 Å². The quantitative estimate of drug-likeness (QED) is 0.420. The highest BCUT2D eigenvalue weighted by molar-refractivity contribution is 6.16. The first-order valence-corrected chi connectivity index (χ1v) is 7.30. The highest BCUT2D eigenvalue weighted by Gasteiger charge is 2.31. The van der Waals surface area contributed by atoms with Gasteiger partial charge in [0, 0.05) is 0 Å². The number of carbonyl (C=O) groups excluding carboxylic acids is 2. The van der Waals surface area contributed by atoms with E-state index in [0.717, 1.165) is 18.4 Å². The van der Waals surface area contributed by atoms with Crippen molar-refractivity contribution >= 4 is 18.0 Å². The Morgan fingerprint density at radius 1 is 1.05 bits per heavy atom. The molecule has 1 heterocycles. The first kappa shape index (κ1) is 14.5. The summed E-state index contributed by atoms with van der Waals surface area (Å²) in [5, 5.41) is 0. The minimum Gasteiger partial charge on any atom is -0.386 e. The normalized spacial score (nSPS) is 13.8. The Hall–Kier alpha value is -1.90. The average Bonchev–Trinajstić information content (AvgIpc) is 2.74. The van der Waals surface area contributed by atoms with Crippen LogP contribution in [0.3, 0.4) is 0 Å². The molecule has 0 amide bonds. The number of benzene rings is 1. The van der Waals surface area contributed by atoms with Crippen LogP contribution in [-0.2, 0) is 4.74 Å². The van der Waals surface area contributed by atoms with Crippen molar-refractivity contribution in [2.24, 2.45) is 0 Å². The summed E-state index contributed by atoms with van der Waals surface area (Å²) in [7, 11) is 0. The average molecular weight is 272 g/mol. The fraction of sp³-hybridized carbons (Fsp3) is 0.412. The van der Waals surface area contributed by atoms with Gasteiger partial charge in [0.15, 0.2) is 0 Å². The molecule has 1 aliphatic rings. The van der Waals surface area contributed by atoms with Crippen LogP contribution >= 0.6 is 0 Å². The minimum atomic E-state index is -0.542. The summed E-state index contributed by atoms with van der Waals surface area (Å²) in [5.74, 6) is -1.08. The Labute approximate surface area is 119 Å². The molecule has 0 N–H and O–H groups in total. The van der Waals surface area contributed by atoms with Crippen LogP contribution < -0.4 is 0 Å². The Morgan fingerprint density at radius 2 is 1.85 bits per heavy atom. The van der Waals surface area contributed by atoms with Crippen molar-refractivity contribution in [2.45, 2.75) is 45.4 Å². The molecule has 1 aromatic rings. The van der Waals surface area contributed by atoms with Crippen LogP contribution in [0.2, 0.25) is 0 Å². The van der Waals surface area contributed by atoms with Crippen molar-refractivity contribution in [1.29, 1.82) is 0 Å². The number of allylic oxidation sites excluding steroid dienone is 1. The van der Waals surface area contributed by atoms with Gasteiger partial charge in [0.1, 0.15) is 0 Å². The lowest BCUT2D eigenvalue weighted by molar-refractivity contribution is 0.0444. The van der Waals surface area contributed by atoms with Crippen LogP contribution in [0, 0.1) is 0 Å². The molecule has 0 fully saturated rings. The summed E-state index contributed by atoms with van der Waals surface area (Å²) < 4.78 is 4.63. The zero-order valence-corrected chi connectivity index (χ0v) is 11.9. The van der Waals surface area contributed by atoms with Gasteiger partial charge in [-0.05, 0) is 24.5 Å². The maximum absolute atomic E-state index is 11.6. The molecule has 0 atom stereocenters. The summed E-state index contributed by atoms with van der Waals surface area (Å²) in [6, 6.07) is 5.25. The smallest absolute Gasteiger partial charge is 0.347 e. The van der Waals surface area contributed by atoms with Gasteiger partial charge in [0.05, 0.1) is 11.1 Å². The largest absolute Gasteiger partial charge is 0.386 e. The monoisotopic (exact) mass is 272 g/mol. The van der Waals surface area contributed by atoms with Crippen molar-refractivity contribution in [3.05, 3.63) is 41.0 Å². The van der Waals surface area contributed by atoms with E-state index >= 15 is 0 Å². The predicted octanol–water partition coefficient (Wildman–Crippen LogP) is 4.37. The van der Waals surface area contributed by atoms with Crippen molar-refractivity contribution < 1.29 is 14.3 Å². The van der Waals surface area contributed by atoms with E-state index in [1.807, 2.05) is 12.1 Å². The lowest BCUT2D eigenvalue weighted by Gasteiger charge is -1.99. The lowest BCUT2D eigenvalue weighted by Crippen LogP contribution is -1.98. The van der Waals surface area contributed by atoms with Gasteiger partial charge in [-0.1, -0.05) is 56.9 Å². The molecule has 0 bridgehead atoms. The third-order valence-corrected chi connectivity index (χ3v) is 3.48. The molecule has 0 aliphatic carbocycles. The number of fused-ring (bicyclic) bond motifs is 1. The summed E-state index contributed by atoms with van der Waals surface area (Å²) in [6.45, 7) is 2.20. The van der Waals surface area contributed by atoms with E-state index in [4.69, 9.17) is 0 Å². The Kier molecular flexibility index (Phi) is 5.10. The van der Waals surface area contributed by atoms with Crippen LogP contribution in [0.25, 0.3) is 6.08 Å². The second-order valence-electron chi connectivity index (χ2n) is 5.05. The summed E-state index contributed by atoms with van der Waals surface area (Å²) in [5.41, 5.74) is 1.55. The highest BCUT2D eigenvalue weighted by atomic mass is 16.6. The van der Waals surface area contributed by atoms with Gasteiger partial charge in [-0.2, -0.15) is 0 Å². The molecule has 106 valence electrons. The molecule has 1 aromatic carbocycles. The molecular formula is C17H20O3. The molecule has 3 heteroatoms. The molecule has 0 saturated heterocycles. The number of carbonyl (C=O) groups is 2. The predicted molar refractivity (Wildman–Crippen MR) is 78.6 cm³/mol. The first-order chi connectivity index (χ1) is 9.74. The number of ether oxygens (including phenoxy) is 1. The van der Waals surface area contributed by atoms with Crippen molar-refractivity contribution in [1.82, 2.24) is 0 Å². The topological polar surface area (TPSA) is 43.4 Å². The molecular weight excluding hydrogens is 252 g/mol. The lowest BCUT2D eigenvalue weighted by atomic mass is 10.0. The van der Waals surface area contributed by atoms with E-state index in [1.54, 1.807) is 12.1 Å². The number of esters is 2. The minimum absolute atomic E-state index is 0.375. The highest BCUT2D eigenvalue weighted by Crippen LogP contribution is 2.24. The number of hydrogen-bond acceptors (Lipinski definition) is 3. The van der Waals surface area contributed by atoms with Gasteiger partial charge >= 0.3 is 11.9 Å². The van der Waals surface area contributed by atoms with Crippen LogP contribution in [0.15, 0.2) is 24.3 Å². The third-order valence-electron chi connectivity index (χ3n) is 3.48. The standard InChI is InChI=1S/C17H20O3/c1-2-3-4-5-6-7-8-10-13-11-9-12-14-15(13)17(19)20-16(14)18/h8-12H,2-7H2,1H3. The first-order valence-electron chi connectivity index (χ1n) is 7.30. The third kappa shape index (κ3) is 3.35. The van der Waals surface area contributed by atoms with Crippen LogP contribution in [0.4, 0.5) is 0 Å². The zero-order valence-electron chi connectivity index (χ0n) is 11.9. The van der Waals surface area contributed by atoms with Crippen molar-refractivity contribution in [3.63, 3.8) is 0 Å². The molecule has 0 saturated carbocycles. The van der Waals surface area contributed by atoms with Crippen LogP contribution in [0.1, 0.15) is 71.7 Å².